The standard InChI is InChI=1S/C15H11Cl2N3O/c16-12-2-1-3-13(17)11(12)8-14-19-15(21-20-14)9-4-6-10(18)7-5-9/h1-7H,8,18H2. The highest BCUT2D eigenvalue weighted by Gasteiger charge is 2.13. The molecule has 0 bridgehead atoms. The number of hydrogen-bond acceptors (Lipinski definition) is 4. The van der Waals surface area contributed by atoms with Crippen molar-refractivity contribution in [1.29, 1.82) is 0 Å². The molecule has 0 aliphatic heterocycles. The van der Waals surface area contributed by atoms with Crippen LogP contribution in [-0.4, -0.2) is 10.1 Å². The number of halogens is 2. The molecule has 0 saturated carbocycles. The maximum atomic E-state index is 6.14. The number of nitrogens with zero attached hydrogens (tertiary/aromatic N) is 2. The summed E-state index contributed by atoms with van der Waals surface area (Å²) in [7, 11) is 0. The Morgan fingerprint density at radius 3 is 2.33 bits per heavy atom. The van der Waals surface area contributed by atoms with Crippen LogP contribution in [0.4, 0.5) is 5.69 Å². The number of aromatic nitrogens is 2. The molecule has 0 radical (unpaired) electrons. The van der Waals surface area contributed by atoms with Crippen LogP contribution in [0.25, 0.3) is 11.5 Å². The molecule has 0 aliphatic carbocycles. The zero-order valence-electron chi connectivity index (χ0n) is 10.9. The van der Waals surface area contributed by atoms with Gasteiger partial charge in [0.2, 0.25) is 0 Å². The van der Waals surface area contributed by atoms with E-state index in [0.29, 0.717) is 33.9 Å². The molecule has 0 aliphatic rings. The first kappa shape index (κ1) is 13.9. The van der Waals surface area contributed by atoms with Crippen molar-refractivity contribution < 1.29 is 4.52 Å². The van der Waals surface area contributed by atoms with Gasteiger partial charge < -0.3 is 10.3 Å². The van der Waals surface area contributed by atoms with E-state index in [1.165, 1.54) is 0 Å². The van der Waals surface area contributed by atoms with Gasteiger partial charge >= 0.3 is 0 Å². The fraction of sp³-hybridized carbons (Fsp3) is 0.0667. The van der Waals surface area contributed by atoms with E-state index < -0.39 is 0 Å². The molecule has 0 atom stereocenters. The average Bonchev–Trinajstić information content (AvgIpc) is 2.92. The summed E-state index contributed by atoms with van der Waals surface area (Å²) in [5.74, 6) is 0.963. The molecule has 1 heterocycles. The Bertz CT molecular complexity index is 749. The summed E-state index contributed by atoms with van der Waals surface area (Å²) in [5, 5.41) is 5.13. The minimum absolute atomic E-state index is 0.414. The third kappa shape index (κ3) is 3.01. The van der Waals surface area contributed by atoms with Gasteiger partial charge in [0.05, 0.1) is 0 Å². The van der Waals surface area contributed by atoms with Gasteiger partial charge in [-0.05, 0) is 42.0 Å². The van der Waals surface area contributed by atoms with Crippen molar-refractivity contribution in [2.24, 2.45) is 0 Å². The van der Waals surface area contributed by atoms with Crippen molar-refractivity contribution in [3.8, 4) is 11.5 Å². The van der Waals surface area contributed by atoms with Gasteiger partial charge in [0, 0.05) is 27.7 Å². The summed E-state index contributed by atoms with van der Waals surface area (Å²) in [6.07, 6.45) is 0.414. The number of anilines is 1. The molecule has 0 fully saturated rings. The van der Waals surface area contributed by atoms with E-state index >= 15 is 0 Å². The predicted octanol–water partition coefficient (Wildman–Crippen LogP) is 4.22. The molecular weight excluding hydrogens is 309 g/mol. The Morgan fingerprint density at radius 1 is 1.00 bits per heavy atom. The van der Waals surface area contributed by atoms with E-state index in [0.717, 1.165) is 11.1 Å². The van der Waals surface area contributed by atoms with E-state index in [2.05, 4.69) is 10.1 Å². The largest absolute Gasteiger partial charge is 0.399 e. The summed E-state index contributed by atoms with van der Waals surface area (Å²) in [6, 6.07) is 12.6. The first-order valence-corrected chi connectivity index (χ1v) is 7.00. The molecule has 3 rings (SSSR count). The third-order valence-electron chi connectivity index (χ3n) is 3.02. The maximum absolute atomic E-state index is 6.14. The Morgan fingerprint density at radius 2 is 1.67 bits per heavy atom. The zero-order valence-corrected chi connectivity index (χ0v) is 12.4. The highest BCUT2D eigenvalue weighted by atomic mass is 35.5. The van der Waals surface area contributed by atoms with Gasteiger partial charge in [0.25, 0.3) is 5.89 Å². The van der Waals surface area contributed by atoms with Crippen molar-refractivity contribution in [3.63, 3.8) is 0 Å². The minimum Gasteiger partial charge on any atom is -0.399 e. The second kappa shape index (κ2) is 5.76. The van der Waals surface area contributed by atoms with Crippen molar-refractivity contribution in [3.05, 3.63) is 63.9 Å². The summed E-state index contributed by atoms with van der Waals surface area (Å²) >= 11 is 12.3. The Kier molecular flexibility index (Phi) is 3.82. The molecular formula is C15H11Cl2N3O. The van der Waals surface area contributed by atoms with Gasteiger partial charge in [-0.2, -0.15) is 4.98 Å². The molecule has 21 heavy (non-hydrogen) atoms. The van der Waals surface area contributed by atoms with Crippen LogP contribution in [0.2, 0.25) is 10.0 Å². The molecule has 6 heteroatoms. The second-order valence-electron chi connectivity index (χ2n) is 4.51. The van der Waals surface area contributed by atoms with E-state index in [9.17, 15) is 0 Å². The molecule has 0 unspecified atom stereocenters. The average molecular weight is 320 g/mol. The lowest BCUT2D eigenvalue weighted by atomic mass is 10.1. The lowest BCUT2D eigenvalue weighted by molar-refractivity contribution is 0.424. The number of hydrogen-bond donors (Lipinski definition) is 1. The molecule has 4 nitrogen and oxygen atoms in total. The van der Waals surface area contributed by atoms with E-state index in [1.807, 2.05) is 12.1 Å². The molecule has 2 N–H and O–H groups in total. The van der Waals surface area contributed by atoms with Crippen molar-refractivity contribution >= 4 is 28.9 Å². The lowest BCUT2D eigenvalue weighted by Gasteiger charge is -2.03. The second-order valence-corrected chi connectivity index (χ2v) is 5.33. The molecule has 1 aromatic heterocycles. The summed E-state index contributed by atoms with van der Waals surface area (Å²) in [4.78, 5) is 4.35. The first-order chi connectivity index (χ1) is 10.1. The normalized spacial score (nSPS) is 10.8. The lowest BCUT2D eigenvalue weighted by Crippen LogP contribution is -1.93. The van der Waals surface area contributed by atoms with Gasteiger partial charge in [-0.1, -0.05) is 34.4 Å². The van der Waals surface area contributed by atoms with Crippen molar-refractivity contribution in [1.82, 2.24) is 10.1 Å². The molecule has 106 valence electrons. The highest BCUT2D eigenvalue weighted by Crippen LogP contribution is 2.27. The minimum atomic E-state index is 0.414. The Hall–Kier alpha value is -2.04. The van der Waals surface area contributed by atoms with Gasteiger partial charge in [-0.3, -0.25) is 0 Å². The van der Waals surface area contributed by atoms with Crippen LogP contribution in [0.5, 0.6) is 0 Å². The smallest absolute Gasteiger partial charge is 0.257 e. The Balaban J connectivity index is 1.87. The van der Waals surface area contributed by atoms with Gasteiger partial charge in [0.1, 0.15) is 0 Å². The van der Waals surface area contributed by atoms with E-state index in [4.69, 9.17) is 33.5 Å². The molecule has 0 saturated heterocycles. The quantitative estimate of drug-likeness (QED) is 0.734. The number of nitrogens with two attached hydrogens (primary N) is 1. The number of nitrogen functional groups attached to an aromatic ring is 1. The summed E-state index contributed by atoms with van der Waals surface area (Å²) in [5.41, 5.74) is 7.93. The van der Waals surface area contributed by atoms with Crippen LogP contribution >= 0.6 is 23.2 Å². The Labute approximate surface area is 131 Å². The maximum Gasteiger partial charge on any atom is 0.257 e. The molecule has 0 spiro atoms. The van der Waals surface area contributed by atoms with Crippen LogP contribution in [0, 0.1) is 0 Å². The molecule has 3 aromatic rings. The summed E-state index contributed by atoms with van der Waals surface area (Å²) in [6.45, 7) is 0. The molecule has 0 amide bonds. The van der Waals surface area contributed by atoms with E-state index in [-0.39, 0.29) is 0 Å². The fourth-order valence-corrected chi connectivity index (χ4v) is 2.46. The predicted molar refractivity (Wildman–Crippen MR) is 83.4 cm³/mol. The van der Waals surface area contributed by atoms with Gasteiger partial charge in [0.15, 0.2) is 5.82 Å². The third-order valence-corrected chi connectivity index (χ3v) is 3.73. The fourth-order valence-electron chi connectivity index (χ4n) is 1.93. The van der Waals surface area contributed by atoms with Gasteiger partial charge in [-0.15, -0.1) is 0 Å². The summed E-state index contributed by atoms with van der Waals surface area (Å²) < 4.78 is 5.25. The van der Waals surface area contributed by atoms with Crippen LogP contribution < -0.4 is 5.73 Å². The number of benzene rings is 2. The number of rotatable bonds is 3. The van der Waals surface area contributed by atoms with Gasteiger partial charge in [-0.25, -0.2) is 0 Å². The van der Waals surface area contributed by atoms with Crippen LogP contribution in [0.15, 0.2) is 47.0 Å². The zero-order chi connectivity index (χ0) is 14.8. The SMILES string of the molecule is Nc1ccc(-c2nc(Cc3c(Cl)cccc3Cl)no2)cc1. The monoisotopic (exact) mass is 319 g/mol. The van der Waals surface area contributed by atoms with E-state index in [1.54, 1.807) is 30.3 Å². The first-order valence-electron chi connectivity index (χ1n) is 6.25. The van der Waals surface area contributed by atoms with Crippen molar-refractivity contribution in [2.45, 2.75) is 6.42 Å². The molecule has 2 aromatic carbocycles. The van der Waals surface area contributed by atoms with Crippen LogP contribution in [-0.2, 0) is 6.42 Å². The van der Waals surface area contributed by atoms with Crippen molar-refractivity contribution in [2.75, 3.05) is 5.73 Å². The highest BCUT2D eigenvalue weighted by molar-refractivity contribution is 6.36. The topological polar surface area (TPSA) is 64.9 Å². The van der Waals surface area contributed by atoms with Crippen LogP contribution in [0.3, 0.4) is 0 Å². The van der Waals surface area contributed by atoms with Crippen LogP contribution in [0.1, 0.15) is 11.4 Å².